The average Bonchev–Trinajstić information content (AvgIpc) is 2.54. The number of hydrogen-bond acceptors (Lipinski definition) is 4. The number of carbonyl (C=O) groups is 1. The van der Waals surface area contributed by atoms with E-state index in [0.717, 1.165) is 21.7 Å². The van der Waals surface area contributed by atoms with E-state index in [9.17, 15) is 13.2 Å². The summed E-state index contributed by atoms with van der Waals surface area (Å²) in [4.78, 5) is 16.0. The highest BCUT2D eigenvalue weighted by atomic mass is 35.5. The number of halogens is 1. The summed E-state index contributed by atoms with van der Waals surface area (Å²) in [5.74, 6) is -0.371. The second-order valence-corrected chi connectivity index (χ2v) is 7.71. The van der Waals surface area contributed by atoms with Gasteiger partial charge >= 0.3 is 0 Å². The topological polar surface area (TPSA) is 79.4 Å². The molecule has 128 valence electrons. The summed E-state index contributed by atoms with van der Waals surface area (Å²) in [5.41, 5.74) is 1.65. The minimum atomic E-state index is -3.51. The van der Waals surface area contributed by atoms with Crippen molar-refractivity contribution in [3.05, 3.63) is 64.9 Å². The Kier molecular flexibility index (Phi) is 6.30. The van der Waals surface area contributed by atoms with Crippen LogP contribution >= 0.6 is 11.6 Å². The molecule has 1 amide bonds. The first kappa shape index (κ1) is 18.4. The fourth-order valence-electron chi connectivity index (χ4n) is 2.00. The van der Waals surface area contributed by atoms with Gasteiger partial charge in [0.15, 0.2) is 0 Å². The molecule has 0 unspecified atom stereocenters. The van der Waals surface area contributed by atoms with Crippen molar-refractivity contribution in [1.29, 1.82) is 0 Å². The number of pyridine rings is 1. The van der Waals surface area contributed by atoms with Crippen molar-refractivity contribution in [3.63, 3.8) is 0 Å². The average molecular weight is 368 g/mol. The summed E-state index contributed by atoms with van der Waals surface area (Å²) in [6, 6.07) is 10.5. The van der Waals surface area contributed by atoms with Crippen molar-refractivity contribution in [2.45, 2.75) is 13.1 Å². The molecule has 0 radical (unpaired) electrons. The lowest BCUT2D eigenvalue weighted by molar-refractivity contribution is -0.121. The molecule has 1 heterocycles. The Labute approximate surface area is 146 Å². The summed E-state index contributed by atoms with van der Waals surface area (Å²) in [6.07, 6.45) is 4.24. The van der Waals surface area contributed by atoms with Crippen LogP contribution in [0.1, 0.15) is 11.1 Å². The second-order valence-electron chi connectivity index (χ2n) is 5.29. The van der Waals surface area contributed by atoms with Crippen LogP contribution in [-0.4, -0.2) is 36.4 Å². The van der Waals surface area contributed by atoms with Gasteiger partial charge in [-0.3, -0.25) is 9.78 Å². The van der Waals surface area contributed by atoms with Gasteiger partial charge in [-0.05, 0) is 35.4 Å². The molecular weight excluding hydrogens is 350 g/mol. The van der Waals surface area contributed by atoms with Crippen molar-refractivity contribution in [3.8, 4) is 0 Å². The quantitative estimate of drug-likeness (QED) is 0.809. The molecule has 2 aromatic rings. The fourth-order valence-corrected chi connectivity index (χ4v) is 2.86. The van der Waals surface area contributed by atoms with E-state index in [2.05, 4.69) is 10.3 Å². The Bertz CT molecular complexity index is 780. The molecular formula is C16H18ClN3O3S. The van der Waals surface area contributed by atoms with Crippen LogP contribution in [0.4, 0.5) is 0 Å². The number of sulfonamides is 1. The van der Waals surface area contributed by atoms with Crippen LogP contribution in [0.25, 0.3) is 0 Å². The normalized spacial score (nSPS) is 11.5. The molecule has 24 heavy (non-hydrogen) atoms. The standard InChI is InChI=1S/C16H18ClN3O3S/c1-24(22,23)20(11-14-6-8-18-9-7-14)12-16(21)19-10-13-2-4-15(17)5-3-13/h2-9H,10-12H2,1H3,(H,19,21). The van der Waals surface area contributed by atoms with E-state index < -0.39 is 10.0 Å². The first-order valence-electron chi connectivity index (χ1n) is 7.20. The molecule has 0 aliphatic carbocycles. The molecule has 0 saturated heterocycles. The minimum absolute atomic E-state index is 0.121. The smallest absolute Gasteiger partial charge is 0.235 e. The number of benzene rings is 1. The number of rotatable bonds is 7. The van der Waals surface area contributed by atoms with E-state index in [1.165, 1.54) is 0 Å². The SMILES string of the molecule is CS(=O)(=O)N(CC(=O)NCc1ccc(Cl)cc1)Cc1ccncc1. The molecule has 0 atom stereocenters. The summed E-state index contributed by atoms with van der Waals surface area (Å²) in [7, 11) is -3.51. The van der Waals surface area contributed by atoms with E-state index in [1.54, 1.807) is 48.8 Å². The maximum absolute atomic E-state index is 12.1. The maximum Gasteiger partial charge on any atom is 0.235 e. The Balaban J connectivity index is 1.96. The first-order valence-corrected chi connectivity index (χ1v) is 9.42. The third-order valence-electron chi connectivity index (χ3n) is 3.30. The van der Waals surface area contributed by atoms with Gasteiger partial charge < -0.3 is 5.32 Å². The van der Waals surface area contributed by atoms with Gasteiger partial charge in [0.2, 0.25) is 15.9 Å². The van der Waals surface area contributed by atoms with Crippen molar-refractivity contribution in [1.82, 2.24) is 14.6 Å². The van der Waals surface area contributed by atoms with Crippen molar-refractivity contribution < 1.29 is 13.2 Å². The summed E-state index contributed by atoms with van der Waals surface area (Å²) >= 11 is 5.81. The zero-order valence-corrected chi connectivity index (χ0v) is 14.7. The molecule has 1 aromatic heterocycles. The third kappa shape index (κ3) is 5.92. The van der Waals surface area contributed by atoms with E-state index in [-0.39, 0.29) is 19.0 Å². The number of aromatic nitrogens is 1. The van der Waals surface area contributed by atoms with Gasteiger partial charge in [0.05, 0.1) is 12.8 Å². The monoisotopic (exact) mass is 367 g/mol. The minimum Gasteiger partial charge on any atom is -0.351 e. The highest BCUT2D eigenvalue weighted by Gasteiger charge is 2.20. The van der Waals surface area contributed by atoms with Gasteiger partial charge in [0, 0.05) is 30.5 Å². The van der Waals surface area contributed by atoms with Gasteiger partial charge in [-0.25, -0.2) is 8.42 Å². The Hall–Kier alpha value is -1.96. The molecule has 0 bridgehead atoms. The number of hydrogen-bond donors (Lipinski definition) is 1. The van der Waals surface area contributed by atoms with Crippen molar-refractivity contribution >= 4 is 27.5 Å². The predicted molar refractivity (Wildman–Crippen MR) is 92.8 cm³/mol. The van der Waals surface area contributed by atoms with E-state index in [4.69, 9.17) is 11.6 Å². The third-order valence-corrected chi connectivity index (χ3v) is 4.75. The molecule has 0 saturated carbocycles. The van der Waals surface area contributed by atoms with Crippen molar-refractivity contribution in [2.75, 3.05) is 12.8 Å². The lowest BCUT2D eigenvalue weighted by Crippen LogP contribution is -2.39. The van der Waals surface area contributed by atoms with Crippen LogP contribution in [0.5, 0.6) is 0 Å². The van der Waals surface area contributed by atoms with E-state index >= 15 is 0 Å². The molecule has 0 spiro atoms. The Morgan fingerprint density at radius 2 is 1.75 bits per heavy atom. The predicted octanol–water partition coefficient (Wildman–Crippen LogP) is 1.81. The molecule has 0 fully saturated rings. The fraction of sp³-hybridized carbons (Fsp3) is 0.250. The highest BCUT2D eigenvalue weighted by molar-refractivity contribution is 7.88. The van der Waals surface area contributed by atoms with Gasteiger partial charge in [0.25, 0.3) is 0 Å². The zero-order valence-electron chi connectivity index (χ0n) is 13.1. The second kappa shape index (κ2) is 8.23. The molecule has 0 aliphatic heterocycles. The van der Waals surface area contributed by atoms with Crippen LogP contribution in [0.3, 0.4) is 0 Å². The first-order chi connectivity index (χ1) is 11.3. The maximum atomic E-state index is 12.1. The molecule has 1 aromatic carbocycles. The van der Waals surface area contributed by atoms with Crippen LogP contribution < -0.4 is 5.32 Å². The van der Waals surface area contributed by atoms with Crippen molar-refractivity contribution in [2.24, 2.45) is 0 Å². The zero-order chi connectivity index (χ0) is 17.6. The van der Waals surface area contributed by atoms with Crippen LogP contribution in [0.2, 0.25) is 5.02 Å². The van der Waals surface area contributed by atoms with E-state index in [0.29, 0.717) is 11.6 Å². The van der Waals surface area contributed by atoms with Crippen LogP contribution in [-0.2, 0) is 27.9 Å². The van der Waals surface area contributed by atoms with E-state index in [1.807, 2.05) is 0 Å². The molecule has 6 nitrogen and oxygen atoms in total. The molecule has 8 heteroatoms. The number of nitrogens with one attached hydrogen (secondary N) is 1. The van der Waals surface area contributed by atoms with Gasteiger partial charge in [0.1, 0.15) is 0 Å². The molecule has 2 rings (SSSR count). The molecule has 1 N–H and O–H groups in total. The molecule has 0 aliphatic rings. The summed E-state index contributed by atoms with van der Waals surface area (Å²) in [5, 5.41) is 3.32. The lowest BCUT2D eigenvalue weighted by atomic mass is 10.2. The highest BCUT2D eigenvalue weighted by Crippen LogP contribution is 2.10. The number of carbonyl (C=O) groups excluding carboxylic acids is 1. The Morgan fingerprint density at radius 3 is 2.33 bits per heavy atom. The number of nitrogens with zero attached hydrogens (tertiary/aromatic N) is 2. The summed E-state index contributed by atoms with van der Waals surface area (Å²) < 4.78 is 24.9. The summed E-state index contributed by atoms with van der Waals surface area (Å²) in [6.45, 7) is 0.188. The van der Waals surface area contributed by atoms with Crippen LogP contribution in [0, 0.1) is 0 Å². The van der Waals surface area contributed by atoms with Gasteiger partial charge in [-0.2, -0.15) is 4.31 Å². The largest absolute Gasteiger partial charge is 0.351 e. The van der Waals surface area contributed by atoms with Gasteiger partial charge in [-0.1, -0.05) is 23.7 Å². The Morgan fingerprint density at radius 1 is 1.12 bits per heavy atom. The lowest BCUT2D eigenvalue weighted by Gasteiger charge is -2.19. The van der Waals surface area contributed by atoms with Gasteiger partial charge in [-0.15, -0.1) is 0 Å². The van der Waals surface area contributed by atoms with Crippen LogP contribution in [0.15, 0.2) is 48.8 Å². The number of amides is 1.